The first-order valence-electron chi connectivity index (χ1n) is 3.45. The highest BCUT2D eigenvalue weighted by Gasteiger charge is 2.06. The number of thiophene rings is 1. The van der Waals surface area contributed by atoms with Gasteiger partial charge in [-0.05, 0) is 11.4 Å². The minimum absolute atomic E-state index is 0.186. The number of hydrogen-bond acceptors (Lipinski definition) is 6. The van der Waals surface area contributed by atoms with Crippen LogP contribution in [0.3, 0.4) is 0 Å². The van der Waals surface area contributed by atoms with Gasteiger partial charge in [0.2, 0.25) is 5.82 Å². The lowest BCUT2D eigenvalue weighted by Gasteiger charge is -1.80. The normalized spacial score (nSPS) is 11.1. The molecule has 0 fully saturated rings. The van der Waals surface area contributed by atoms with Gasteiger partial charge in [-0.25, -0.2) is 0 Å². The van der Waals surface area contributed by atoms with Gasteiger partial charge in [0.15, 0.2) is 0 Å². The van der Waals surface area contributed by atoms with Crippen LogP contribution in [0.4, 0.5) is 0 Å². The summed E-state index contributed by atoms with van der Waals surface area (Å²) >= 11 is 1.52. The summed E-state index contributed by atoms with van der Waals surface area (Å²) in [7, 11) is 0. The topological polar surface area (TPSA) is 71.5 Å². The Labute approximate surface area is 77.3 Å². The summed E-state index contributed by atoms with van der Waals surface area (Å²) in [5, 5.41) is 16.6. The molecule has 0 unspecified atom stereocenters. The van der Waals surface area contributed by atoms with E-state index in [1.165, 1.54) is 11.3 Å². The Morgan fingerprint density at radius 1 is 1.62 bits per heavy atom. The van der Waals surface area contributed by atoms with Gasteiger partial charge in [-0.15, -0.1) is 11.3 Å². The number of nitrogens with zero attached hydrogens (tertiary/aromatic N) is 3. The molecule has 0 saturated heterocycles. The van der Waals surface area contributed by atoms with Crippen molar-refractivity contribution < 1.29 is 9.73 Å². The molecular weight excluding hydrogens is 190 g/mol. The maximum absolute atomic E-state index is 8.20. The zero-order valence-electron chi connectivity index (χ0n) is 6.41. The minimum Gasteiger partial charge on any atom is -0.411 e. The largest absolute Gasteiger partial charge is 0.411 e. The molecule has 1 N–H and O–H groups in total. The molecule has 2 rings (SSSR count). The highest BCUT2D eigenvalue weighted by atomic mass is 32.1. The van der Waals surface area contributed by atoms with E-state index in [1.54, 1.807) is 0 Å². The Hall–Kier alpha value is -1.69. The first kappa shape index (κ1) is 7.93. The highest BCUT2D eigenvalue weighted by molar-refractivity contribution is 7.13. The fourth-order valence-electron chi connectivity index (χ4n) is 0.843. The molecule has 13 heavy (non-hydrogen) atoms. The van der Waals surface area contributed by atoms with E-state index < -0.39 is 0 Å². The lowest BCUT2D eigenvalue weighted by molar-refractivity contribution is 0.319. The van der Waals surface area contributed by atoms with Crippen LogP contribution in [-0.2, 0) is 0 Å². The maximum atomic E-state index is 8.20. The number of rotatable bonds is 2. The van der Waals surface area contributed by atoms with Crippen LogP contribution in [0.2, 0.25) is 0 Å². The van der Waals surface area contributed by atoms with Gasteiger partial charge in [-0.2, -0.15) is 4.98 Å². The molecule has 2 aromatic heterocycles. The van der Waals surface area contributed by atoms with Crippen molar-refractivity contribution >= 4 is 17.6 Å². The summed E-state index contributed by atoms with van der Waals surface area (Å²) in [6.07, 6.45) is 1.09. The van der Waals surface area contributed by atoms with Crippen LogP contribution in [0.15, 0.2) is 27.2 Å². The molecule has 0 bridgehead atoms. The van der Waals surface area contributed by atoms with E-state index in [4.69, 9.17) is 9.73 Å². The Morgan fingerprint density at radius 3 is 3.23 bits per heavy atom. The van der Waals surface area contributed by atoms with Crippen molar-refractivity contribution in [3.05, 3.63) is 23.4 Å². The van der Waals surface area contributed by atoms with Gasteiger partial charge >= 0.3 is 0 Å². The molecule has 66 valence electrons. The van der Waals surface area contributed by atoms with Gasteiger partial charge < -0.3 is 9.73 Å². The van der Waals surface area contributed by atoms with E-state index in [2.05, 4.69) is 15.3 Å². The predicted molar refractivity (Wildman–Crippen MR) is 47.0 cm³/mol. The maximum Gasteiger partial charge on any atom is 0.272 e. The van der Waals surface area contributed by atoms with E-state index in [9.17, 15) is 0 Å². The fraction of sp³-hybridized carbons (Fsp3) is 0. The first-order chi connectivity index (χ1) is 6.40. The Bertz CT molecular complexity index is 407. The smallest absolute Gasteiger partial charge is 0.272 e. The van der Waals surface area contributed by atoms with Crippen molar-refractivity contribution in [2.45, 2.75) is 0 Å². The summed E-state index contributed by atoms with van der Waals surface area (Å²) in [4.78, 5) is 4.88. The summed E-state index contributed by atoms with van der Waals surface area (Å²) in [6, 6.07) is 3.78. The third kappa shape index (κ3) is 1.57. The summed E-state index contributed by atoms with van der Waals surface area (Å²) < 4.78 is 4.77. The average molecular weight is 195 g/mol. The van der Waals surface area contributed by atoms with Crippen LogP contribution < -0.4 is 0 Å². The molecule has 2 heterocycles. The zero-order chi connectivity index (χ0) is 9.10. The first-order valence-corrected chi connectivity index (χ1v) is 4.33. The number of oxime groups is 1. The minimum atomic E-state index is 0.186. The van der Waals surface area contributed by atoms with Crippen molar-refractivity contribution in [3.8, 4) is 10.7 Å². The molecule has 0 aliphatic carbocycles. The molecule has 0 aromatic carbocycles. The van der Waals surface area contributed by atoms with Crippen LogP contribution in [0.5, 0.6) is 0 Å². The second-order valence-corrected chi connectivity index (χ2v) is 3.13. The molecule has 5 nitrogen and oxygen atoms in total. The average Bonchev–Trinajstić information content (AvgIpc) is 2.70. The van der Waals surface area contributed by atoms with E-state index in [-0.39, 0.29) is 5.89 Å². The zero-order valence-corrected chi connectivity index (χ0v) is 7.23. The molecule has 0 saturated carbocycles. The number of hydrogen-bond donors (Lipinski definition) is 1. The van der Waals surface area contributed by atoms with E-state index in [0.717, 1.165) is 11.1 Å². The summed E-state index contributed by atoms with van der Waals surface area (Å²) in [5.74, 6) is 0.691. The monoisotopic (exact) mass is 195 g/mol. The van der Waals surface area contributed by atoms with Gasteiger partial charge in [0, 0.05) is 0 Å². The van der Waals surface area contributed by atoms with Crippen molar-refractivity contribution in [2.75, 3.05) is 0 Å². The van der Waals surface area contributed by atoms with Crippen molar-refractivity contribution in [2.24, 2.45) is 5.16 Å². The van der Waals surface area contributed by atoms with Crippen LogP contribution in [0.1, 0.15) is 5.89 Å². The van der Waals surface area contributed by atoms with Crippen molar-refractivity contribution in [3.63, 3.8) is 0 Å². The van der Waals surface area contributed by atoms with Gasteiger partial charge in [-0.1, -0.05) is 16.4 Å². The molecule has 0 aliphatic rings. The van der Waals surface area contributed by atoms with Crippen LogP contribution in [0.25, 0.3) is 10.7 Å². The van der Waals surface area contributed by atoms with Crippen LogP contribution >= 0.6 is 11.3 Å². The third-order valence-electron chi connectivity index (χ3n) is 1.35. The highest BCUT2D eigenvalue weighted by Crippen LogP contribution is 2.20. The van der Waals surface area contributed by atoms with E-state index in [0.29, 0.717) is 5.82 Å². The van der Waals surface area contributed by atoms with Crippen molar-refractivity contribution in [1.82, 2.24) is 10.1 Å². The Balaban J connectivity index is 2.33. The SMILES string of the molecule is O/N=C/c1nc(-c2cccs2)no1. The second-order valence-electron chi connectivity index (χ2n) is 2.18. The van der Waals surface area contributed by atoms with Crippen LogP contribution in [-0.4, -0.2) is 21.6 Å². The predicted octanol–water partition coefficient (Wildman–Crippen LogP) is 1.61. The molecule has 0 atom stereocenters. The molecule has 2 aromatic rings. The fourth-order valence-corrected chi connectivity index (χ4v) is 1.49. The lowest BCUT2D eigenvalue weighted by Crippen LogP contribution is -1.79. The quantitative estimate of drug-likeness (QED) is 0.449. The molecular formula is C7H5N3O2S. The van der Waals surface area contributed by atoms with Crippen LogP contribution in [0, 0.1) is 0 Å². The van der Waals surface area contributed by atoms with E-state index >= 15 is 0 Å². The molecule has 0 radical (unpaired) electrons. The van der Waals surface area contributed by atoms with Gasteiger partial charge in [-0.3, -0.25) is 0 Å². The van der Waals surface area contributed by atoms with Gasteiger partial charge in [0.1, 0.15) is 6.21 Å². The molecule has 0 aliphatic heterocycles. The van der Waals surface area contributed by atoms with Crippen molar-refractivity contribution in [1.29, 1.82) is 0 Å². The Morgan fingerprint density at radius 2 is 2.54 bits per heavy atom. The summed E-state index contributed by atoms with van der Waals surface area (Å²) in [6.45, 7) is 0. The van der Waals surface area contributed by atoms with Gasteiger partial charge in [0.05, 0.1) is 4.88 Å². The molecule has 6 heteroatoms. The summed E-state index contributed by atoms with van der Waals surface area (Å²) in [5.41, 5.74) is 0. The molecule has 0 amide bonds. The third-order valence-corrected chi connectivity index (χ3v) is 2.22. The number of aromatic nitrogens is 2. The lowest BCUT2D eigenvalue weighted by atomic mass is 10.4. The van der Waals surface area contributed by atoms with Gasteiger partial charge in [0.25, 0.3) is 5.89 Å². The standard InChI is InChI=1S/C7H5N3O2S/c11-8-4-6-9-7(10-12-6)5-2-1-3-13-5/h1-4,11H/b8-4+. The van der Waals surface area contributed by atoms with E-state index in [1.807, 2.05) is 17.5 Å². The molecule has 0 spiro atoms. The Kier molecular flexibility index (Phi) is 2.05. The second kappa shape index (κ2) is 3.36.